The summed E-state index contributed by atoms with van der Waals surface area (Å²) >= 11 is 0. The maximum atomic E-state index is 11.6. The van der Waals surface area contributed by atoms with E-state index >= 15 is 0 Å². The van der Waals surface area contributed by atoms with E-state index in [0.717, 1.165) is 23.3 Å². The van der Waals surface area contributed by atoms with Gasteiger partial charge in [0.2, 0.25) is 0 Å². The van der Waals surface area contributed by atoms with Gasteiger partial charge >= 0.3 is 5.97 Å². The monoisotopic (exact) mass is 431 g/mol. The second kappa shape index (κ2) is 12.3. The first-order chi connectivity index (χ1) is 15.7. The second-order valence-electron chi connectivity index (χ2n) is 7.15. The summed E-state index contributed by atoms with van der Waals surface area (Å²) in [4.78, 5) is 17.1. The average molecular weight is 432 g/mol. The van der Waals surface area contributed by atoms with Gasteiger partial charge in [-0.1, -0.05) is 78.8 Å². The first-order valence-corrected chi connectivity index (χ1v) is 10.9. The van der Waals surface area contributed by atoms with Crippen LogP contribution in [0.1, 0.15) is 31.4 Å². The molecule has 0 amide bonds. The van der Waals surface area contributed by atoms with Crippen molar-refractivity contribution in [3.63, 3.8) is 0 Å². The van der Waals surface area contributed by atoms with Gasteiger partial charge in [0.05, 0.1) is 18.7 Å². The molecule has 5 nitrogen and oxygen atoms in total. The highest BCUT2D eigenvalue weighted by molar-refractivity contribution is 6.00. The Hall–Kier alpha value is -3.60. The minimum absolute atomic E-state index is 0.231. The largest absolute Gasteiger partial charge is 0.490 e. The molecule has 0 aliphatic rings. The fourth-order valence-electron chi connectivity index (χ4n) is 3.25. The molecule has 0 saturated carbocycles. The van der Waals surface area contributed by atoms with Crippen molar-refractivity contribution in [2.45, 2.75) is 26.7 Å². The van der Waals surface area contributed by atoms with Crippen molar-refractivity contribution < 1.29 is 19.1 Å². The molecule has 0 spiro atoms. The summed E-state index contributed by atoms with van der Waals surface area (Å²) < 4.78 is 10.7. The van der Waals surface area contributed by atoms with E-state index in [9.17, 15) is 4.79 Å². The number of rotatable bonds is 11. The lowest BCUT2D eigenvalue weighted by Crippen LogP contribution is -2.08. The number of esters is 1. The Morgan fingerprint density at radius 3 is 2.31 bits per heavy atom. The number of hydrogen-bond donors (Lipinski definition) is 0. The van der Waals surface area contributed by atoms with Gasteiger partial charge in [0.15, 0.2) is 6.61 Å². The van der Waals surface area contributed by atoms with Crippen LogP contribution in [0.5, 0.6) is 5.75 Å². The van der Waals surface area contributed by atoms with Crippen LogP contribution in [0.15, 0.2) is 84.0 Å². The van der Waals surface area contributed by atoms with Crippen molar-refractivity contribution in [1.29, 1.82) is 0 Å². The Balaban J connectivity index is 1.49. The molecular weight excluding hydrogens is 402 g/mol. The van der Waals surface area contributed by atoms with Gasteiger partial charge in [-0.15, -0.1) is 0 Å². The van der Waals surface area contributed by atoms with Crippen LogP contribution in [0, 0.1) is 0 Å². The fraction of sp³-hybridized carbons (Fsp3) is 0.259. The Morgan fingerprint density at radius 1 is 0.844 bits per heavy atom. The van der Waals surface area contributed by atoms with Gasteiger partial charge in [-0.3, -0.25) is 4.79 Å². The topological polar surface area (TPSA) is 57.1 Å². The standard InChI is InChI=1S/C27H29NO4/c1-3-26(24-15-13-23(14-16-24)22-10-6-5-7-11-22)28-32-18-17-31-25-12-8-9-21(19-25)20-27(29)30-4-2/h5-16,19H,3-4,17-18,20H2,1-2H3/b28-26+. The third-order valence-electron chi connectivity index (χ3n) is 4.83. The maximum absolute atomic E-state index is 11.6. The molecule has 32 heavy (non-hydrogen) atoms. The lowest BCUT2D eigenvalue weighted by atomic mass is 10.0. The molecule has 3 aromatic carbocycles. The van der Waals surface area contributed by atoms with Crippen LogP contribution < -0.4 is 4.74 Å². The van der Waals surface area contributed by atoms with E-state index in [4.69, 9.17) is 14.3 Å². The summed E-state index contributed by atoms with van der Waals surface area (Å²) in [7, 11) is 0. The number of carbonyl (C=O) groups excluding carboxylic acids is 1. The Labute approximate surface area is 189 Å². The van der Waals surface area contributed by atoms with Crippen LogP contribution in [0.2, 0.25) is 0 Å². The predicted molar refractivity (Wildman–Crippen MR) is 127 cm³/mol. The van der Waals surface area contributed by atoms with Crippen LogP contribution in [-0.4, -0.2) is 31.5 Å². The molecule has 166 valence electrons. The average Bonchev–Trinajstić information content (AvgIpc) is 2.82. The molecule has 0 aromatic heterocycles. The normalized spacial score (nSPS) is 11.1. The SMILES string of the molecule is CCOC(=O)Cc1cccc(OCCO/N=C(\CC)c2ccc(-c3ccccc3)cc2)c1. The maximum Gasteiger partial charge on any atom is 0.310 e. The smallest absolute Gasteiger partial charge is 0.310 e. The molecule has 0 bridgehead atoms. The summed E-state index contributed by atoms with van der Waals surface area (Å²) in [6, 6.07) is 26.0. The highest BCUT2D eigenvalue weighted by Crippen LogP contribution is 2.20. The number of hydrogen-bond acceptors (Lipinski definition) is 5. The fourth-order valence-corrected chi connectivity index (χ4v) is 3.25. The zero-order valence-electron chi connectivity index (χ0n) is 18.6. The van der Waals surface area contributed by atoms with Gasteiger partial charge in [-0.2, -0.15) is 0 Å². The van der Waals surface area contributed by atoms with E-state index in [1.165, 1.54) is 11.1 Å². The first-order valence-electron chi connectivity index (χ1n) is 10.9. The molecular formula is C27H29NO4. The number of ether oxygens (including phenoxy) is 2. The van der Waals surface area contributed by atoms with Crippen LogP contribution in [0.25, 0.3) is 11.1 Å². The molecule has 5 heteroatoms. The number of carbonyl (C=O) groups is 1. The molecule has 0 atom stereocenters. The molecule has 3 rings (SSSR count). The summed E-state index contributed by atoms with van der Waals surface area (Å²) in [6.07, 6.45) is 0.996. The van der Waals surface area contributed by atoms with Gasteiger partial charge in [-0.05, 0) is 47.7 Å². The van der Waals surface area contributed by atoms with Gasteiger partial charge in [0.1, 0.15) is 12.4 Å². The quantitative estimate of drug-likeness (QED) is 0.170. The van der Waals surface area contributed by atoms with E-state index in [1.54, 1.807) is 6.92 Å². The van der Waals surface area contributed by atoms with E-state index in [1.807, 2.05) is 42.5 Å². The van der Waals surface area contributed by atoms with Crippen molar-refractivity contribution in [2.75, 3.05) is 19.8 Å². The summed E-state index contributed by atoms with van der Waals surface area (Å²) in [6.45, 7) is 4.91. The van der Waals surface area contributed by atoms with Gasteiger partial charge in [0, 0.05) is 0 Å². The lowest BCUT2D eigenvalue weighted by molar-refractivity contribution is -0.142. The Morgan fingerprint density at radius 2 is 1.59 bits per heavy atom. The second-order valence-corrected chi connectivity index (χ2v) is 7.15. The minimum Gasteiger partial charge on any atom is -0.490 e. The van der Waals surface area contributed by atoms with Gasteiger partial charge < -0.3 is 14.3 Å². The third-order valence-corrected chi connectivity index (χ3v) is 4.83. The summed E-state index contributed by atoms with van der Waals surface area (Å²) in [5.41, 5.74) is 5.14. The molecule has 0 saturated heterocycles. The van der Waals surface area contributed by atoms with Gasteiger partial charge in [-0.25, -0.2) is 0 Å². The van der Waals surface area contributed by atoms with Crippen LogP contribution in [0.3, 0.4) is 0 Å². The van der Waals surface area contributed by atoms with E-state index in [2.05, 4.69) is 48.5 Å². The molecule has 0 fully saturated rings. The summed E-state index contributed by atoms with van der Waals surface area (Å²) in [5.74, 6) is 0.442. The highest BCUT2D eigenvalue weighted by Gasteiger charge is 2.06. The Bertz CT molecular complexity index is 1010. The molecule has 0 aliphatic carbocycles. The Kier molecular flexibility index (Phi) is 8.87. The molecule has 0 heterocycles. The third kappa shape index (κ3) is 6.98. The van der Waals surface area contributed by atoms with Crippen molar-refractivity contribution in [1.82, 2.24) is 0 Å². The number of nitrogens with zero attached hydrogens (tertiary/aromatic N) is 1. The van der Waals surface area contributed by atoms with Crippen molar-refractivity contribution in [2.24, 2.45) is 5.16 Å². The lowest BCUT2D eigenvalue weighted by Gasteiger charge is -2.09. The summed E-state index contributed by atoms with van der Waals surface area (Å²) in [5, 5.41) is 4.30. The van der Waals surface area contributed by atoms with E-state index in [-0.39, 0.29) is 12.4 Å². The molecule has 3 aromatic rings. The zero-order valence-corrected chi connectivity index (χ0v) is 18.6. The van der Waals surface area contributed by atoms with E-state index in [0.29, 0.717) is 25.6 Å². The molecule has 0 N–H and O–H groups in total. The van der Waals surface area contributed by atoms with Crippen LogP contribution in [-0.2, 0) is 20.8 Å². The van der Waals surface area contributed by atoms with Crippen molar-refractivity contribution >= 4 is 11.7 Å². The van der Waals surface area contributed by atoms with Crippen molar-refractivity contribution in [3.8, 4) is 16.9 Å². The van der Waals surface area contributed by atoms with Gasteiger partial charge in [0.25, 0.3) is 0 Å². The highest BCUT2D eigenvalue weighted by atomic mass is 16.6. The molecule has 0 aliphatic heterocycles. The zero-order chi connectivity index (χ0) is 22.6. The molecule has 0 unspecified atom stereocenters. The number of oxime groups is 1. The first kappa shape index (κ1) is 23.1. The van der Waals surface area contributed by atoms with E-state index < -0.39 is 0 Å². The number of benzene rings is 3. The van der Waals surface area contributed by atoms with Crippen molar-refractivity contribution in [3.05, 3.63) is 90.0 Å². The van der Waals surface area contributed by atoms with Crippen LogP contribution >= 0.6 is 0 Å². The minimum atomic E-state index is -0.244. The molecule has 0 radical (unpaired) electrons. The predicted octanol–water partition coefficient (Wildman–Crippen LogP) is 5.67. The van der Waals surface area contributed by atoms with Crippen LogP contribution in [0.4, 0.5) is 0 Å².